The molecule has 1 atom stereocenters. The van der Waals surface area contributed by atoms with Crippen molar-refractivity contribution in [3.8, 4) is 0 Å². The molecule has 0 amide bonds. The number of rotatable bonds is 5. The van der Waals surface area contributed by atoms with Gasteiger partial charge < -0.3 is 0 Å². The molecular weight excluding hydrogens is 241 g/mol. The highest BCUT2D eigenvalue weighted by Crippen LogP contribution is 2.18. The summed E-state index contributed by atoms with van der Waals surface area (Å²) < 4.78 is 13.1. The minimum Gasteiger partial charge on any atom is -0.271 e. The monoisotopic (exact) mass is 259 g/mol. The highest BCUT2D eigenvalue weighted by atomic mass is 19.1. The Bertz CT molecular complexity index is 525. The molecule has 3 N–H and O–H groups in total. The van der Waals surface area contributed by atoms with Crippen LogP contribution in [0.5, 0.6) is 0 Å². The second kappa shape index (κ2) is 6.41. The number of hydrazine groups is 1. The summed E-state index contributed by atoms with van der Waals surface area (Å²) >= 11 is 0. The van der Waals surface area contributed by atoms with Crippen LogP contribution in [-0.4, -0.2) is 4.98 Å². The summed E-state index contributed by atoms with van der Waals surface area (Å²) in [4.78, 5) is 3.85. The van der Waals surface area contributed by atoms with E-state index in [0.29, 0.717) is 0 Å². The molecule has 0 radical (unpaired) electrons. The molecule has 2 aromatic rings. The third-order valence-corrected chi connectivity index (χ3v) is 3.17. The molecule has 1 unspecified atom stereocenters. The highest BCUT2D eigenvalue weighted by Gasteiger charge is 2.11. The molecule has 2 rings (SSSR count). The summed E-state index contributed by atoms with van der Waals surface area (Å²) in [6.45, 7) is 2.06. The van der Waals surface area contributed by atoms with Crippen molar-refractivity contribution in [1.29, 1.82) is 0 Å². The van der Waals surface area contributed by atoms with Gasteiger partial charge >= 0.3 is 0 Å². The maximum atomic E-state index is 13.1. The number of nitrogens with two attached hydrogens (primary N) is 1. The van der Waals surface area contributed by atoms with Crippen molar-refractivity contribution in [1.82, 2.24) is 10.4 Å². The quantitative estimate of drug-likeness (QED) is 0.641. The van der Waals surface area contributed by atoms with Gasteiger partial charge in [0.05, 0.1) is 6.20 Å². The highest BCUT2D eigenvalue weighted by molar-refractivity contribution is 5.22. The van der Waals surface area contributed by atoms with Crippen molar-refractivity contribution in [3.63, 3.8) is 0 Å². The molecule has 0 aliphatic rings. The fourth-order valence-corrected chi connectivity index (χ4v) is 2.03. The zero-order chi connectivity index (χ0) is 13.7. The largest absolute Gasteiger partial charge is 0.271 e. The van der Waals surface area contributed by atoms with Gasteiger partial charge in [0, 0.05) is 12.2 Å². The van der Waals surface area contributed by atoms with Crippen molar-refractivity contribution >= 4 is 0 Å². The van der Waals surface area contributed by atoms with Crippen molar-refractivity contribution in [2.75, 3.05) is 0 Å². The molecular formula is C15H18FN3. The zero-order valence-corrected chi connectivity index (χ0v) is 10.9. The summed E-state index contributed by atoms with van der Waals surface area (Å²) in [5, 5.41) is 0. The van der Waals surface area contributed by atoms with Gasteiger partial charge in [-0.25, -0.2) is 4.39 Å². The van der Waals surface area contributed by atoms with E-state index in [1.165, 1.54) is 23.4 Å². The molecule has 0 bridgehead atoms. The van der Waals surface area contributed by atoms with Gasteiger partial charge in [-0.3, -0.25) is 16.3 Å². The first kappa shape index (κ1) is 13.6. The summed E-state index contributed by atoms with van der Waals surface area (Å²) in [7, 11) is 0. The van der Waals surface area contributed by atoms with E-state index in [0.717, 1.165) is 18.4 Å². The molecule has 0 saturated heterocycles. The molecule has 0 aliphatic heterocycles. The number of benzene rings is 1. The number of aryl methyl sites for hydroxylation is 2. The number of hydrogen-bond acceptors (Lipinski definition) is 3. The Balaban J connectivity index is 2.01. The van der Waals surface area contributed by atoms with Crippen molar-refractivity contribution in [2.24, 2.45) is 5.84 Å². The molecule has 1 heterocycles. The lowest BCUT2D eigenvalue weighted by Crippen LogP contribution is -2.28. The van der Waals surface area contributed by atoms with E-state index >= 15 is 0 Å². The van der Waals surface area contributed by atoms with Gasteiger partial charge in [0.1, 0.15) is 5.82 Å². The van der Waals surface area contributed by atoms with Gasteiger partial charge in [-0.05, 0) is 37.0 Å². The number of halogens is 1. The Morgan fingerprint density at radius 3 is 2.63 bits per heavy atom. The van der Waals surface area contributed by atoms with E-state index in [1.54, 1.807) is 6.20 Å². The van der Waals surface area contributed by atoms with Crippen LogP contribution in [0.3, 0.4) is 0 Å². The predicted molar refractivity (Wildman–Crippen MR) is 73.8 cm³/mol. The summed E-state index contributed by atoms with van der Waals surface area (Å²) in [6, 6.07) is 9.75. The standard InChI is InChI=1S/C15H18FN3/c1-11-2-4-12(5-3-11)6-7-15(19-17)13-8-14(16)10-18-9-13/h2-5,8-10,15,19H,6-7,17H2,1H3. The maximum absolute atomic E-state index is 13.1. The van der Waals surface area contributed by atoms with Crippen LogP contribution in [0.1, 0.15) is 29.2 Å². The Morgan fingerprint density at radius 2 is 2.00 bits per heavy atom. The lowest BCUT2D eigenvalue weighted by atomic mass is 10.00. The van der Waals surface area contributed by atoms with E-state index in [1.807, 2.05) is 0 Å². The van der Waals surface area contributed by atoms with E-state index < -0.39 is 0 Å². The van der Waals surface area contributed by atoms with E-state index in [2.05, 4.69) is 41.6 Å². The second-order valence-corrected chi connectivity index (χ2v) is 4.68. The van der Waals surface area contributed by atoms with Crippen LogP contribution < -0.4 is 11.3 Å². The molecule has 100 valence electrons. The first-order valence-corrected chi connectivity index (χ1v) is 6.31. The third kappa shape index (κ3) is 3.84. The number of pyridine rings is 1. The van der Waals surface area contributed by atoms with Crippen LogP contribution in [0, 0.1) is 12.7 Å². The van der Waals surface area contributed by atoms with Crippen LogP contribution in [0.15, 0.2) is 42.7 Å². The average molecular weight is 259 g/mol. The van der Waals surface area contributed by atoms with Crippen LogP contribution in [-0.2, 0) is 6.42 Å². The molecule has 1 aromatic heterocycles. The van der Waals surface area contributed by atoms with Crippen molar-refractivity contribution in [3.05, 3.63) is 65.2 Å². The summed E-state index contributed by atoms with van der Waals surface area (Å²) in [6.07, 6.45) is 4.51. The average Bonchev–Trinajstić information content (AvgIpc) is 2.42. The fourth-order valence-electron chi connectivity index (χ4n) is 2.03. The second-order valence-electron chi connectivity index (χ2n) is 4.68. The van der Waals surface area contributed by atoms with Crippen LogP contribution in [0.2, 0.25) is 0 Å². The Morgan fingerprint density at radius 1 is 1.26 bits per heavy atom. The molecule has 4 heteroatoms. The fraction of sp³-hybridized carbons (Fsp3) is 0.267. The van der Waals surface area contributed by atoms with E-state index in [4.69, 9.17) is 5.84 Å². The van der Waals surface area contributed by atoms with Gasteiger partial charge in [0.15, 0.2) is 0 Å². The normalized spacial score (nSPS) is 12.4. The first-order chi connectivity index (χ1) is 9.19. The minimum absolute atomic E-state index is 0.0931. The number of nitrogens with zero attached hydrogens (tertiary/aromatic N) is 1. The van der Waals surface area contributed by atoms with Gasteiger partial charge in [0.2, 0.25) is 0 Å². The lowest BCUT2D eigenvalue weighted by Gasteiger charge is -2.16. The van der Waals surface area contributed by atoms with Gasteiger partial charge in [-0.2, -0.15) is 0 Å². The topological polar surface area (TPSA) is 50.9 Å². The molecule has 0 saturated carbocycles. The molecule has 19 heavy (non-hydrogen) atoms. The van der Waals surface area contributed by atoms with E-state index in [-0.39, 0.29) is 11.9 Å². The molecule has 0 spiro atoms. The number of hydrogen-bond donors (Lipinski definition) is 2. The smallest absolute Gasteiger partial charge is 0.141 e. The first-order valence-electron chi connectivity index (χ1n) is 6.31. The Kier molecular flexibility index (Phi) is 4.60. The number of aromatic nitrogens is 1. The van der Waals surface area contributed by atoms with Crippen molar-refractivity contribution in [2.45, 2.75) is 25.8 Å². The maximum Gasteiger partial charge on any atom is 0.141 e. The lowest BCUT2D eigenvalue weighted by molar-refractivity contribution is 0.509. The molecule has 1 aromatic carbocycles. The van der Waals surface area contributed by atoms with Crippen LogP contribution in [0.4, 0.5) is 4.39 Å². The molecule has 0 fully saturated rings. The molecule has 0 aliphatic carbocycles. The summed E-state index contributed by atoms with van der Waals surface area (Å²) in [5.74, 6) is 5.20. The SMILES string of the molecule is Cc1ccc(CCC(NN)c2cncc(F)c2)cc1. The Labute approximate surface area is 112 Å². The van der Waals surface area contributed by atoms with Crippen LogP contribution in [0.25, 0.3) is 0 Å². The predicted octanol–water partition coefficient (Wildman–Crippen LogP) is 2.67. The minimum atomic E-state index is -0.340. The third-order valence-electron chi connectivity index (χ3n) is 3.17. The van der Waals surface area contributed by atoms with Gasteiger partial charge in [-0.15, -0.1) is 0 Å². The van der Waals surface area contributed by atoms with Crippen LogP contribution >= 0.6 is 0 Å². The van der Waals surface area contributed by atoms with E-state index in [9.17, 15) is 4.39 Å². The summed E-state index contributed by atoms with van der Waals surface area (Å²) in [5.41, 5.74) is 5.98. The van der Waals surface area contributed by atoms with Crippen molar-refractivity contribution < 1.29 is 4.39 Å². The molecule has 3 nitrogen and oxygen atoms in total. The number of nitrogens with one attached hydrogen (secondary N) is 1. The van der Waals surface area contributed by atoms with Gasteiger partial charge in [0.25, 0.3) is 0 Å². The Hall–Kier alpha value is -1.78. The zero-order valence-electron chi connectivity index (χ0n) is 10.9. The van der Waals surface area contributed by atoms with Gasteiger partial charge in [-0.1, -0.05) is 29.8 Å².